The molecule has 3 atom stereocenters. The summed E-state index contributed by atoms with van der Waals surface area (Å²) in [6, 6.07) is 0.0293. The SMILES string of the molecule is O=C1NCCC1CC(NC(=O)C1C2CCC(CC2)N1C(=O)c1cc2scc(Cl)c2[nH]1)C(=O)CO. The van der Waals surface area contributed by atoms with Crippen molar-refractivity contribution in [3.05, 3.63) is 22.2 Å². The Kier molecular flexibility index (Phi) is 6.39. The number of thiophene rings is 1. The number of hydrogen-bond acceptors (Lipinski definition) is 6. The summed E-state index contributed by atoms with van der Waals surface area (Å²) < 4.78 is 0.875. The van der Waals surface area contributed by atoms with Gasteiger partial charge in [-0.15, -0.1) is 11.3 Å². The second-order valence-corrected chi connectivity index (χ2v) is 10.7. The molecule has 9 nitrogen and oxygen atoms in total. The van der Waals surface area contributed by atoms with Gasteiger partial charge in [0.25, 0.3) is 5.91 Å². The summed E-state index contributed by atoms with van der Waals surface area (Å²) in [5.74, 6) is -1.74. The van der Waals surface area contributed by atoms with Crippen LogP contribution in [0.15, 0.2) is 11.4 Å². The number of fused-ring (bicyclic) bond motifs is 4. The zero-order chi connectivity index (χ0) is 24.0. The highest BCUT2D eigenvalue weighted by molar-refractivity contribution is 7.17. The van der Waals surface area contributed by atoms with Crippen LogP contribution in [0.3, 0.4) is 0 Å². The van der Waals surface area contributed by atoms with Crippen LogP contribution in [-0.2, 0) is 14.4 Å². The van der Waals surface area contributed by atoms with E-state index in [1.165, 1.54) is 11.3 Å². The van der Waals surface area contributed by atoms with Gasteiger partial charge in [-0.3, -0.25) is 19.2 Å². The maximum absolute atomic E-state index is 13.6. The number of carbonyl (C=O) groups excluding carboxylic acids is 4. The molecule has 4 fully saturated rings. The zero-order valence-corrected chi connectivity index (χ0v) is 20.1. The van der Waals surface area contributed by atoms with E-state index in [4.69, 9.17) is 11.6 Å². The first-order valence-corrected chi connectivity index (χ1v) is 12.9. The monoisotopic (exact) mass is 506 g/mol. The number of nitrogens with one attached hydrogen (secondary N) is 3. The zero-order valence-electron chi connectivity index (χ0n) is 18.5. The summed E-state index contributed by atoms with van der Waals surface area (Å²) in [6.07, 6.45) is 4.05. The highest BCUT2D eigenvalue weighted by Crippen LogP contribution is 2.41. The number of Topliss-reactive ketones (excluding diaryl/α,β-unsaturated/α-hetero) is 1. The molecule has 6 rings (SSSR count). The molecule has 5 heterocycles. The van der Waals surface area contributed by atoms with Gasteiger partial charge in [-0.25, -0.2) is 0 Å². The van der Waals surface area contributed by atoms with Crippen LogP contribution in [0.4, 0.5) is 0 Å². The number of rotatable bonds is 7. The van der Waals surface area contributed by atoms with Crippen molar-refractivity contribution in [2.75, 3.05) is 13.2 Å². The highest BCUT2D eigenvalue weighted by Gasteiger charge is 2.48. The van der Waals surface area contributed by atoms with Crippen LogP contribution in [0.1, 0.15) is 49.0 Å². The first-order valence-electron chi connectivity index (χ1n) is 11.7. The van der Waals surface area contributed by atoms with Crippen molar-refractivity contribution in [1.82, 2.24) is 20.5 Å². The Labute approximate surface area is 205 Å². The molecule has 1 aliphatic carbocycles. The van der Waals surface area contributed by atoms with Gasteiger partial charge in [0.15, 0.2) is 5.78 Å². The van der Waals surface area contributed by atoms with E-state index in [2.05, 4.69) is 15.6 Å². The number of nitrogens with zero attached hydrogens (tertiary/aromatic N) is 1. The molecule has 182 valence electrons. The van der Waals surface area contributed by atoms with Gasteiger partial charge in [0.2, 0.25) is 11.8 Å². The topological polar surface area (TPSA) is 132 Å². The number of H-pyrrole nitrogens is 1. The van der Waals surface area contributed by atoms with E-state index in [0.29, 0.717) is 29.2 Å². The minimum absolute atomic E-state index is 0.00623. The maximum atomic E-state index is 13.6. The number of aliphatic hydroxyl groups is 1. The van der Waals surface area contributed by atoms with Crippen molar-refractivity contribution in [2.24, 2.45) is 11.8 Å². The van der Waals surface area contributed by atoms with Crippen LogP contribution in [-0.4, -0.2) is 69.8 Å². The molecule has 3 saturated heterocycles. The van der Waals surface area contributed by atoms with Gasteiger partial charge in [-0.1, -0.05) is 11.6 Å². The minimum atomic E-state index is -0.974. The lowest BCUT2D eigenvalue weighted by Gasteiger charge is -2.50. The highest BCUT2D eigenvalue weighted by atomic mass is 35.5. The van der Waals surface area contributed by atoms with Gasteiger partial charge in [0.05, 0.1) is 21.3 Å². The normalized spacial score (nSPS) is 27.1. The molecule has 34 heavy (non-hydrogen) atoms. The Bertz CT molecular complexity index is 1140. The van der Waals surface area contributed by atoms with E-state index in [1.54, 1.807) is 16.3 Å². The number of ketones is 1. The van der Waals surface area contributed by atoms with E-state index in [1.807, 2.05) is 0 Å². The third-order valence-electron chi connectivity index (χ3n) is 7.47. The van der Waals surface area contributed by atoms with E-state index in [0.717, 1.165) is 30.4 Å². The average Bonchev–Trinajstić information content (AvgIpc) is 3.55. The van der Waals surface area contributed by atoms with Gasteiger partial charge in [-0.2, -0.15) is 0 Å². The molecule has 1 saturated carbocycles. The third kappa shape index (κ3) is 4.12. The van der Waals surface area contributed by atoms with Crippen LogP contribution < -0.4 is 10.6 Å². The number of carbonyl (C=O) groups is 4. The van der Waals surface area contributed by atoms with E-state index in [9.17, 15) is 24.3 Å². The predicted octanol–water partition coefficient (Wildman–Crippen LogP) is 1.84. The van der Waals surface area contributed by atoms with Crippen molar-refractivity contribution < 1.29 is 24.3 Å². The lowest BCUT2D eigenvalue weighted by atomic mass is 9.74. The van der Waals surface area contributed by atoms with Gasteiger partial charge in [0, 0.05) is 23.9 Å². The summed E-state index contributed by atoms with van der Waals surface area (Å²) in [5, 5.41) is 17.3. The molecular formula is C23H27ClN4O5S. The molecule has 2 bridgehead atoms. The molecule has 3 unspecified atom stereocenters. The fourth-order valence-corrected chi connectivity index (χ4v) is 6.86. The Morgan fingerprint density at radius 1 is 1.24 bits per heavy atom. The van der Waals surface area contributed by atoms with Gasteiger partial charge in [-0.05, 0) is 50.5 Å². The Hall–Kier alpha value is -2.43. The maximum Gasteiger partial charge on any atom is 0.271 e. The molecule has 3 aliphatic heterocycles. The number of aromatic nitrogens is 1. The first kappa shape index (κ1) is 23.3. The lowest BCUT2D eigenvalue weighted by Crippen LogP contribution is -2.64. The molecule has 4 N–H and O–H groups in total. The second-order valence-electron chi connectivity index (χ2n) is 9.43. The fourth-order valence-electron chi connectivity index (χ4n) is 5.71. The molecule has 3 amide bonds. The summed E-state index contributed by atoms with van der Waals surface area (Å²) in [5.41, 5.74) is 1.10. The largest absolute Gasteiger partial charge is 0.389 e. The number of piperidine rings is 2. The van der Waals surface area contributed by atoms with Crippen molar-refractivity contribution in [1.29, 1.82) is 0 Å². The molecule has 0 spiro atoms. The van der Waals surface area contributed by atoms with Crippen molar-refractivity contribution in [3.63, 3.8) is 0 Å². The van der Waals surface area contributed by atoms with Crippen LogP contribution in [0.5, 0.6) is 0 Å². The number of aromatic amines is 1. The molecule has 0 aromatic carbocycles. The van der Waals surface area contributed by atoms with E-state index >= 15 is 0 Å². The summed E-state index contributed by atoms with van der Waals surface area (Å²) >= 11 is 7.65. The van der Waals surface area contributed by atoms with Crippen LogP contribution in [0.25, 0.3) is 10.2 Å². The summed E-state index contributed by atoms with van der Waals surface area (Å²) in [6.45, 7) is -0.192. The molecule has 0 radical (unpaired) electrons. The number of aliphatic hydroxyl groups excluding tert-OH is 1. The predicted molar refractivity (Wildman–Crippen MR) is 127 cm³/mol. The quantitative estimate of drug-likeness (QED) is 0.455. The van der Waals surface area contributed by atoms with Crippen molar-refractivity contribution in [3.8, 4) is 0 Å². The van der Waals surface area contributed by atoms with Gasteiger partial charge >= 0.3 is 0 Å². The Balaban J connectivity index is 1.38. The minimum Gasteiger partial charge on any atom is -0.389 e. The van der Waals surface area contributed by atoms with E-state index in [-0.39, 0.29) is 30.2 Å². The number of amides is 3. The molecule has 2 aromatic rings. The van der Waals surface area contributed by atoms with Gasteiger partial charge in [0.1, 0.15) is 18.3 Å². The average molecular weight is 507 g/mol. The summed E-state index contributed by atoms with van der Waals surface area (Å²) in [7, 11) is 0. The molecule has 2 aromatic heterocycles. The van der Waals surface area contributed by atoms with Gasteiger partial charge < -0.3 is 25.6 Å². The third-order valence-corrected chi connectivity index (χ3v) is 8.83. The van der Waals surface area contributed by atoms with Crippen molar-refractivity contribution >= 4 is 56.7 Å². The van der Waals surface area contributed by atoms with Crippen LogP contribution in [0.2, 0.25) is 5.02 Å². The molecule has 11 heteroatoms. The second kappa shape index (κ2) is 9.31. The standard InChI is InChI=1S/C23H27ClN4O5S/c24-14-10-34-18-8-16(26-19(14)18)23(33)28-13-3-1-11(2-4-13)20(28)22(32)27-15(17(30)9-29)7-12-5-6-25-21(12)31/h8,10-13,15,20,26,29H,1-7,9H2,(H,25,31)(H,27,32). The van der Waals surface area contributed by atoms with Crippen LogP contribution in [0, 0.1) is 11.8 Å². The lowest BCUT2D eigenvalue weighted by molar-refractivity contribution is -0.137. The van der Waals surface area contributed by atoms with Crippen LogP contribution >= 0.6 is 22.9 Å². The summed E-state index contributed by atoms with van der Waals surface area (Å²) in [4.78, 5) is 56.3. The fraction of sp³-hybridized carbons (Fsp3) is 0.565. The smallest absolute Gasteiger partial charge is 0.271 e. The number of hydrogen-bond donors (Lipinski definition) is 4. The Morgan fingerprint density at radius 3 is 2.65 bits per heavy atom. The first-order chi connectivity index (χ1) is 16.4. The number of halogens is 1. The molecule has 4 aliphatic rings. The Morgan fingerprint density at radius 2 is 2.00 bits per heavy atom. The molecular weight excluding hydrogens is 480 g/mol. The van der Waals surface area contributed by atoms with E-state index < -0.39 is 36.3 Å². The van der Waals surface area contributed by atoms with Crippen molar-refractivity contribution in [2.45, 2.75) is 56.7 Å².